The van der Waals surface area contributed by atoms with Crippen molar-refractivity contribution in [3.63, 3.8) is 0 Å². The van der Waals surface area contributed by atoms with Crippen LogP contribution in [0.15, 0.2) is 66.7 Å². The highest BCUT2D eigenvalue weighted by Crippen LogP contribution is 2.27. The summed E-state index contributed by atoms with van der Waals surface area (Å²) in [4.78, 5) is 23.2. The minimum atomic E-state index is -0.544. The van der Waals surface area contributed by atoms with E-state index in [4.69, 9.17) is 9.47 Å². The molecule has 0 aliphatic rings. The van der Waals surface area contributed by atoms with Gasteiger partial charge in [0.25, 0.3) is 11.6 Å². The average molecular weight is 392 g/mol. The van der Waals surface area contributed by atoms with Crippen LogP contribution in [0.2, 0.25) is 0 Å². The lowest BCUT2D eigenvalue weighted by molar-refractivity contribution is -0.385. The number of rotatable bonds is 7. The molecule has 0 radical (unpaired) electrons. The van der Waals surface area contributed by atoms with Crippen LogP contribution in [0.25, 0.3) is 0 Å². The fourth-order valence-electron chi connectivity index (χ4n) is 2.80. The quantitative estimate of drug-likeness (QED) is 0.432. The van der Waals surface area contributed by atoms with Crippen LogP contribution in [0.4, 0.5) is 11.4 Å². The van der Waals surface area contributed by atoms with Crippen molar-refractivity contribution in [1.29, 1.82) is 0 Å². The minimum Gasteiger partial charge on any atom is -0.494 e. The number of nitro groups is 1. The van der Waals surface area contributed by atoms with Crippen molar-refractivity contribution in [2.75, 3.05) is 11.9 Å². The summed E-state index contributed by atoms with van der Waals surface area (Å²) < 4.78 is 11.2. The fraction of sp³-hybridized carbons (Fsp3) is 0.136. The van der Waals surface area contributed by atoms with Gasteiger partial charge < -0.3 is 14.8 Å². The lowest BCUT2D eigenvalue weighted by atomic mass is 10.1. The summed E-state index contributed by atoms with van der Waals surface area (Å²) in [5, 5.41) is 14.0. The SMILES string of the molecule is CCOc1ccc(Oc2ccc(NC(=O)c3cccc(C)c3[N+](=O)[O-])cc2)cc1. The number of benzene rings is 3. The van der Waals surface area contributed by atoms with Crippen molar-refractivity contribution in [3.8, 4) is 17.2 Å². The van der Waals surface area contributed by atoms with Crippen molar-refractivity contribution >= 4 is 17.3 Å². The molecule has 3 aromatic carbocycles. The number of carbonyl (C=O) groups is 1. The van der Waals surface area contributed by atoms with Gasteiger partial charge in [-0.25, -0.2) is 0 Å². The number of nitrogens with zero attached hydrogens (tertiary/aromatic N) is 1. The highest BCUT2D eigenvalue weighted by molar-refractivity contribution is 6.07. The van der Waals surface area contributed by atoms with E-state index in [0.717, 1.165) is 5.75 Å². The Morgan fingerprint density at radius 1 is 0.966 bits per heavy atom. The van der Waals surface area contributed by atoms with Crippen LogP contribution in [0.3, 0.4) is 0 Å². The third kappa shape index (κ3) is 4.90. The van der Waals surface area contributed by atoms with Gasteiger partial charge in [0.15, 0.2) is 0 Å². The Morgan fingerprint density at radius 3 is 2.14 bits per heavy atom. The third-order valence-electron chi connectivity index (χ3n) is 4.15. The van der Waals surface area contributed by atoms with E-state index in [1.165, 1.54) is 6.07 Å². The number of anilines is 1. The van der Waals surface area contributed by atoms with Gasteiger partial charge in [-0.15, -0.1) is 0 Å². The maximum absolute atomic E-state index is 12.5. The normalized spacial score (nSPS) is 10.3. The second-order valence-electron chi connectivity index (χ2n) is 6.21. The standard InChI is InChI=1S/C22H20N2O5/c1-3-28-17-11-13-19(14-12-17)29-18-9-7-16(8-10-18)23-22(25)20-6-4-5-15(2)21(20)24(26)27/h4-14H,3H2,1-2H3,(H,23,25). The third-order valence-corrected chi connectivity index (χ3v) is 4.15. The number of hydrogen-bond acceptors (Lipinski definition) is 5. The molecule has 3 aromatic rings. The Bertz CT molecular complexity index is 1010. The first kappa shape index (κ1) is 19.9. The van der Waals surface area contributed by atoms with E-state index in [2.05, 4.69) is 5.32 Å². The number of aryl methyl sites for hydroxylation is 1. The zero-order chi connectivity index (χ0) is 20.8. The highest BCUT2D eigenvalue weighted by atomic mass is 16.6. The van der Waals surface area contributed by atoms with Crippen molar-refractivity contribution < 1.29 is 19.2 Å². The van der Waals surface area contributed by atoms with Crippen LogP contribution in [0.5, 0.6) is 17.2 Å². The Labute approximate surface area is 168 Å². The zero-order valence-corrected chi connectivity index (χ0v) is 16.0. The first-order valence-corrected chi connectivity index (χ1v) is 9.04. The maximum atomic E-state index is 12.5. The van der Waals surface area contributed by atoms with Gasteiger partial charge in [-0.1, -0.05) is 12.1 Å². The molecule has 0 fully saturated rings. The van der Waals surface area contributed by atoms with Gasteiger partial charge >= 0.3 is 0 Å². The Morgan fingerprint density at radius 2 is 1.55 bits per heavy atom. The molecule has 7 nitrogen and oxygen atoms in total. The molecule has 1 amide bonds. The van der Waals surface area contributed by atoms with E-state index in [1.54, 1.807) is 55.5 Å². The molecule has 0 spiro atoms. The van der Waals surface area contributed by atoms with Crippen LogP contribution < -0.4 is 14.8 Å². The molecule has 148 valence electrons. The summed E-state index contributed by atoms with van der Waals surface area (Å²) >= 11 is 0. The predicted octanol–water partition coefficient (Wildman–Crippen LogP) is 5.35. The molecular weight excluding hydrogens is 372 g/mol. The van der Waals surface area contributed by atoms with Crippen molar-refractivity contribution in [3.05, 3.63) is 88.0 Å². The lowest BCUT2D eigenvalue weighted by Gasteiger charge is -2.10. The molecule has 0 saturated heterocycles. The number of amides is 1. The number of hydrogen-bond donors (Lipinski definition) is 1. The Balaban J connectivity index is 1.69. The topological polar surface area (TPSA) is 90.7 Å². The zero-order valence-electron chi connectivity index (χ0n) is 16.0. The van der Waals surface area contributed by atoms with Gasteiger partial charge in [0.2, 0.25) is 0 Å². The fourth-order valence-corrected chi connectivity index (χ4v) is 2.80. The predicted molar refractivity (Wildman–Crippen MR) is 110 cm³/mol. The van der Waals surface area contributed by atoms with E-state index in [1.807, 2.05) is 19.1 Å². The number of nitrogens with one attached hydrogen (secondary N) is 1. The molecule has 0 aliphatic carbocycles. The van der Waals surface area contributed by atoms with Crippen LogP contribution in [-0.2, 0) is 0 Å². The van der Waals surface area contributed by atoms with Crippen molar-refractivity contribution in [1.82, 2.24) is 0 Å². The molecule has 0 aromatic heterocycles. The van der Waals surface area contributed by atoms with E-state index < -0.39 is 10.8 Å². The summed E-state index contributed by atoms with van der Waals surface area (Å²) in [7, 11) is 0. The highest BCUT2D eigenvalue weighted by Gasteiger charge is 2.22. The van der Waals surface area contributed by atoms with Crippen LogP contribution in [0, 0.1) is 17.0 Å². The van der Waals surface area contributed by atoms with E-state index in [9.17, 15) is 14.9 Å². The molecule has 0 saturated carbocycles. The Kier molecular flexibility index (Phi) is 6.09. The molecule has 0 aliphatic heterocycles. The molecule has 7 heteroatoms. The monoisotopic (exact) mass is 392 g/mol. The van der Waals surface area contributed by atoms with E-state index in [0.29, 0.717) is 29.4 Å². The van der Waals surface area contributed by atoms with Crippen molar-refractivity contribution in [2.24, 2.45) is 0 Å². The Hall–Kier alpha value is -3.87. The largest absolute Gasteiger partial charge is 0.494 e. The van der Waals surface area contributed by atoms with Crippen LogP contribution in [0.1, 0.15) is 22.8 Å². The summed E-state index contributed by atoms with van der Waals surface area (Å²) in [6.45, 7) is 4.11. The number of nitro benzene ring substituents is 1. The molecule has 0 heterocycles. The van der Waals surface area contributed by atoms with Gasteiger partial charge in [-0.05, 0) is 68.4 Å². The summed E-state index contributed by atoms with van der Waals surface area (Å²) in [5.41, 5.74) is 0.761. The molecular formula is C22H20N2O5. The average Bonchev–Trinajstić information content (AvgIpc) is 2.70. The van der Waals surface area contributed by atoms with Gasteiger partial charge in [-0.2, -0.15) is 0 Å². The van der Waals surface area contributed by atoms with Crippen LogP contribution >= 0.6 is 0 Å². The first-order chi connectivity index (χ1) is 14.0. The molecule has 3 rings (SSSR count). The minimum absolute atomic E-state index is 0.0183. The smallest absolute Gasteiger partial charge is 0.285 e. The van der Waals surface area contributed by atoms with Gasteiger partial charge in [0.05, 0.1) is 11.5 Å². The van der Waals surface area contributed by atoms with Gasteiger partial charge in [-0.3, -0.25) is 14.9 Å². The number of para-hydroxylation sites is 1. The molecule has 29 heavy (non-hydrogen) atoms. The summed E-state index contributed by atoms with van der Waals surface area (Å²) in [5.74, 6) is 1.47. The maximum Gasteiger partial charge on any atom is 0.285 e. The second-order valence-corrected chi connectivity index (χ2v) is 6.21. The summed E-state index contributed by atoms with van der Waals surface area (Å²) in [6, 6.07) is 18.6. The molecule has 0 unspecified atom stereocenters. The lowest BCUT2D eigenvalue weighted by Crippen LogP contribution is -2.14. The molecule has 1 N–H and O–H groups in total. The van der Waals surface area contributed by atoms with E-state index >= 15 is 0 Å². The van der Waals surface area contributed by atoms with Gasteiger partial charge in [0, 0.05) is 11.3 Å². The first-order valence-electron chi connectivity index (χ1n) is 9.04. The number of ether oxygens (including phenoxy) is 2. The molecule has 0 atom stereocenters. The van der Waals surface area contributed by atoms with Gasteiger partial charge in [0.1, 0.15) is 22.8 Å². The molecule has 0 bridgehead atoms. The van der Waals surface area contributed by atoms with Crippen molar-refractivity contribution in [2.45, 2.75) is 13.8 Å². The van der Waals surface area contributed by atoms with Crippen LogP contribution in [-0.4, -0.2) is 17.4 Å². The van der Waals surface area contributed by atoms with E-state index in [-0.39, 0.29) is 11.3 Å². The second kappa shape index (κ2) is 8.88. The number of carbonyl (C=O) groups excluding carboxylic acids is 1. The summed E-state index contributed by atoms with van der Waals surface area (Å²) in [6.07, 6.45) is 0.